The molecule has 1 aliphatic heterocycles. The van der Waals surface area contributed by atoms with Crippen LogP contribution in [0, 0.1) is 0 Å². The van der Waals surface area contributed by atoms with Gasteiger partial charge in [0.1, 0.15) is 25.0 Å². The van der Waals surface area contributed by atoms with Crippen molar-refractivity contribution in [2.45, 2.75) is 38.7 Å². The second kappa shape index (κ2) is 8.84. The van der Waals surface area contributed by atoms with E-state index < -0.39 is 36.1 Å². The van der Waals surface area contributed by atoms with Gasteiger partial charge in [-0.2, -0.15) is 4.98 Å². The normalized spacial score (nSPS) is 20.9. The number of aromatic nitrogens is 2. The predicted molar refractivity (Wildman–Crippen MR) is 100 cm³/mol. The van der Waals surface area contributed by atoms with Crippen LogP contribution in [0.3, 0.4) is 0 Å². The highest BCUT2D eigenvalue weighted by atomic mass is 16.6. The number of benzene rings is 1. The van der Waals surface area contributed by atoms with Crippen LogP contribution in [-0.2, 0) is 23.8 Å². The average molecular weight is 403 g/mol. The highest BCUT2D eigenvalue weighted by Crippen LogP contribution is 2.32. The van der Waals surface area contributed by atoms with E-state index in [0.717, 1.165) is 5.56 Å². The molecule has 0 saturated carbocycles. The molecular weight excluding hydrogens is 382 g/mol. The van der Waals surface area contributed by atoms with Gasteiger partial charge in [0, 0.05) is 32.0 Å². The van der Waals surface area contributed by atoms with Crippen molar-refractivity contribution in [1.82, 2.24) is 9.55 Å². The zero-order chi connectivity index (χ0) is 21.0. The molecule has 3 rings (SSSR count). The Hall–Kier alpha value is -3.24. The molecule has 0 unspecified atom stereocenters. The molecule has 0 aliphatic carbocycles. The molecule has 0 amide bonds. The fraction of sp³-hybridized carbons (Fsp3) is 0.368. The lowest BCUT2D eigenvalue weighted by Gasteiger charge is -2.18. The number of hydrogen-bond acceptors (Lipinski definition) is 9. The molecule has 1 aliphatic rings. The standard InChI is InChI=1S/C19H21N3O7/c1-11(23)27-10-16-15(28-12(2)24)8-17(29-16)22-9-14(13-6-4-3-5-7-13)18(21-26)20-19(22)25/h3-7,9,15-17,26H,8,10H2,1-2H3,(H,20,21,25)/t15-,16+,17+/m0/s1. The Bertz CT molecular complexity index is 945. The third-order valence-corrected chi connectivity index (χ3v) is 4.40. The Balaban J connectivity index is 1.93. The first-order valence-corrected chi connectivity index (χ1v) is 8.93. The summed E-state index contributed by atoms with van der Waals surface area (Å²) in [4.78, 5) is 38.9. The van der Waals surface area contributed by atoms with E-state index in [1.807, 2.05) is 23.7 Å². The Kier molecular flexibility index (Phi) is 6.25. The van der Waals surface area contributed by atoms with Gasteiger partial charge in [0.2, 0.25) is 0 Å². The molecule has 154 valence electrons. The van der Waals surface area contributed by atoms with E-state index in [0.29, 0.717) is 5.56 Å². The number of hydrogen-bond donors (Lipinski definition) is 2. The summed E-state index contributed by atoms with van der Waals surface area (Å²) < 4.78 is 17.3. The molecule has 1 fully saturated rings. The Labute approximate surface area is 166 Å². The average Bonchev–Trinajstić information content (AvgIpc) is 3.08. The Morgan fingerprint density at radius 1 is 1.28 bits per heavy atom. The van der Waals surface area contributed by atoms with Gasteiger partial charge in [0.15, 0.2) is 5.82 Å². The van der Waals surface area contributed by atoms with Crippen LogP contribution in [0.1, 0.15) is 26.5 Å². The summed E-state index contributed by atoms with van der Waals surface area (Å²) in [5.41, 5.74) is 2.47. The number of carbonyl (C=O) groups excluding carboxylic acids is 2. The summed E-state index contributed by atoms with van der Waals surface area (Å²) in [6, 6.07) is 9.05. The molecule has 2 aromatic rings. The first kappa shape index (κ1) is 20.5. The molecule has 10 nitrogen and oxygen atoms in total. The molecule has 0 spiro atoms. The summed E-state index contributed by atoms with van der Waals surface area (Å²) in [5.74, 6) is -1.01. The van der Waals surface area contributed by atoms with E-state index in [1.165, 1.54) is 24.6 Å². The summed E-state index contributed by atoms with van der Waals surface area (Å²) >= 11 is 0. The largest absolute Gasteiger partial charge is 0.463 e. The maximum atomic E-state index is 12.5. The fourth-order valence-corrected chi connectivity index (χ4v) is 3.15. The lowest BCUT2D eigenvalue weighted by atomic mass is 10.1. The van der Waals surface area contributed by atoms with Gasteiger partial charge in [-0.1, -0.05) is 30.3 Å². The smallest absolute Gasteiger partial charge is 0.351 e. The molecule has 0 bridgehead atoms. The lowest BCUT2D eigenvalue weighted by molar-refractivity contribution is -0.155. The summed E-state index contributed by atoms with van der Waals surface area (Å²) in [6.45, 7) is 2.40. The molecule has 1 aromatic heterocycles. The number of rotatable bonds is 6. The Morgan fingerprint density at radius 3 is 2.62 bits per heavy atom. The van der Waals surface area contributed by atoms with Crippen molar-refractivity contribution in [3.05, 3.63) is 47.0 Å². The third kappa shape index (κ3) is 4.79. The SMILES string of the molecule is CC(=O)OC[C@H]1O[C@@H](n2cc(-c3ccccc3)c(NO)nc2=O)C[C@@H]1OC(C)=O. The zero-order valence-corrected chi connectivity index (χ0v) is 15.9. The van der Waals surface area contributed by atoms with E-state index >= 15 is 0 Å². The summed E-state index contributed by atoms with van der Waals surface area (Å²) in [5, 5.41) is 9.37. The van der Waals surface area contributed by atoms with Gasteiger partial charge >= 0.3 is 17.6 Å². The van der Waals surface area contributed by atoms with Crippen molar-refractivity contribution in [1.29, 1.82) is 0 Å². The van der Waals surface area contributed by atoms with Crippen LogP contribution in [-0.4, -0.2) is 45.5 Å². The van der Waals surface area contributed by atoms with Crippen molar-refractivity contribution in [3.63, 3.8) is 0 Å². The van der Waals surface area contributed by atoms with Crippen LogP contribution in [0.2, 0.25) is 0 Å². The van der Waals surface area contributed by atoms with E-state index in [9.17, 15) is 19.6 Å². The van der Waals surface area contributed by atoms with Crippen molar-refractivity contribution in [3.8, 4) is 11.1 Å². The number of ether oxygens (including phenoxy) is 3. The first-order chi connectivity index (χ1) is 13.9. The third-order valence-electron chi connectivity index (χ3n) is 4.40. The van der Waals surface area contributed by atoms with E-state index in [-0.39, 0.29) is 18.8 Å². The topological polar surface area (TPSA) is 129 Å². The predicted octanol–water partition coefficient (Wildman–Crippen LogP) is 1.49. The second-order valence-corrected chi connectivity index (χ2v) is 6.49. The maximum absolute atomic E-state index is 12.5. The van der Waals surface area contributed by atoms with Crippen LogP contribution in [0.25, 0.3) is 11.1 Å². The van der Waals surface area contributed by atoms with Crippen LogP contribution >= 0.6 is 0 Å². The second-order valence-electron chi connectivity index (χ2n) is 6.49. The van der Waals surface area contributed by atoms with Crippen LogP contribution in [0.15, 0.2) is 41.3 Å². The van der Waals surface area contributed by atoms with Crippen molar-refractivity contribution < 1.29 is 29.0 Å². The molecule has 10 heteroatoms. The maximum Gasteiger partial charge on any atom is 0.351 e. The van der Waals surface area contributed by atoms with Gasteiger partial charge in [-0.3, -0.25) is 24.8 Å². The minimum atomic E-state index is -0.796. The molecule has 3 atom stereocenters. The van der Waals surface area contributed by atoms with Crippen molar-refractivity contribution in [2.24, 2.45) is 0 Å². The van der Waals surface area contributed by atoms with Gasteiger partial charge in [-0.25, -0.2) is 4.79 Å². The minimum absolute atomic E-state index is 0.00319. The molecule has 0 radical (unpaired) electrons. The van der Waals surface area contributed by atoms with E-state index in [1.54, 1.807) is 12.1 Å². The fourth-order valence-electron chi connectivity index (χ4n) is 3.15. The molecular formula is C19H21N3O7. The van der Waals surface area contributed by atoms with Crippen LogP contribution < -0.4 is 11.2 Å². The van der Waals surface area contributed by atoms with E-state index in [2.05, 4.69) is 4.98 Å². The summed E-state index contributed by atoms with van der Waals surface area (Å²) in [6.07, 6.45) is -0.537. The van der Waals surface area contributed by atoms with Gasteiger partial charge < -0.3 is 14.2 Å². The molecule has 1 aromatic carbocycles. The van der Waals surface area contributed by atoms with Gasteiger partial charge in [-0.05, 0) is 5.56 Å². The quantitative estimate of drug-likeness (QED) is 0.544. The number of anilines is 1. The molecule has 2 heterocycles. The monoisotopic (exact) mass is 403 g/mol. The highest BCUT2D eigenvalue weighted by molar-refractivity contribution is 5.73. The number of carbonyl (C=O) groups is 2. The van der Waals surface area contributed by atoms with Gasteiger partial charge in [0.05, 0.1) is 0 Å². The summed E-state index contributed by atoms with van der Waals surface area (Å²) in [7, 11) is 0. The van der Waals surface area contributed by atoms with Crippen LogP contribution in [0.4, 0.5) is 5.82 Å². The van der Waals surface area contributed by atoms with Gasteiger partial charge in [-0.15, -0.1) is 0 Å². The number of nitrogens with zero attached hydrogens (tertiary/aromatic N) is 2. The van der Waals surface area contributed by atoms with Crippen molar-refractivity contribution in [2.75, 3.05) is 12.1 Å². The Morgan fingerprint density at radius 2 is 2.00 bits per heavy atom. The zero-order valence-electron chi connectivity index (χ0n) is 15.9. The van der Waals surface area contributed by atoms with Gasteiger partial charge in [0.25, 0.3) is 0 Å². The molecule has 1 saturated heterocycles. The number of nitrogens with one attached hydrogen (secondary N) is 1. The number of esters is 2. The highest BCUT2D eigenvalue weighted by Gasteiger charge is 2.40. The minimum Gasteiger partial charge on any atom is -0.463 e. The first-order valence-electron chi connectivity index (χ1n) is 8.93. The van der Waals surface area contributed by atoms with Crippen LogP contribution in [0.5, 0.6) is 0 Å². The molecule has 29 heavy (non-hydrogen) atoms. The van der Waals surface area contributed by atoms with Crippen molar-refractivity contribution >= 4 is 17.8 Å². The molecule has 2 N–H and O–H groups in total. The van der Waals surface area contributed by atoms with E-state index in [4.69, 9.17) is 14.2 Å². The lowest BCUT2D eigenvalue weighted by Crippen LogP contribution is -2.31.